The van der Waals surface area contributed by atoms with Gasteiger partial charge in [-0.05, 0) is 69.9 Å². The molecule has 5 heteroatoms. The van der Waals surface area contributed by atoms with Crippen molar-refractivity contribution >= 4 is 60.5 Å². The zero-order chi connectivity index (χ0) is 31.6. The number of nitrogens with zero attached hydrogens (tertiary/aromatic N) is 1. The molecule has 5 nitrogen and oxygen atoms in total. The molecule has 0 amide bonds. The predicted molar refractivity (Wildman–Crippen MR) is 195 cm³/mol. The maximum Gasteiger partial charge on any atom is 0.136 e. The van der Waals surface area contributed by atoms with Gasteiger partial charge >= 0.3 is 0 Å². The Labute approximate surface area is 276 Å². The first-order valence-corrected chi connectivity index (χ1v) is 16.3. The van der Waals surface area contributed by atoms with Gasteiger partial charge in [-0.15, -0.1) is 0 Å². The van der Waals surface area contributed by atoms with Crippen molar-refractivity contribution in [2.45, 2.75) is 12.3 Å². The van der Waals surface area contributed by atoms with Gasteiger partial charge in [-0.25, -0.2) is 4.99 Å². The highest BCUT2D eigenvalue weighted by Gasteiger charge is 2.28. The van der Waals surface area contributed by atoms with Gasteiger partial charge in [0.05, 0.1) is 0 Å². The van der Waals surface area contributed by atoms with Gasteiger partial charge in [0.25, 0.3) is 0 Å². The molecule has 0 saturated heterocycles. The van der Waals surface area contributed by atoms with Gasteiger partial charge in [-0.3, -0.25) is 5.32 Å². The van der Waals surface area contributed by atoms with E-state index in [2.05, 4.69) is 132 Å². The summed E-state index contributed by atoms with van der Waals surface area (Å²) in [6.07, 6.45) is -0.428. The molecule has 2 aromatic heterocycles. The molecule has 1 aliphatic rings. The van der Waals surface area contributed by atoms with Crippen molar-refractivity contribution < 1.29 is 8.83 Å². The van der Waals surface area contributed by atoms with E-state index in [9.17, 15) is 0 Å². The lowest BCUT2D eigenvalue weighted by molar-refractivity contribution is 0.411. The maximum absolute atomic E-state index is 6.44. The molecule has 0 aliphatic carbocycles. The molecule has 2 N–H and O–H groups in total. The summed E-state index contributed by atoms with van der Waals surface area (Å²) in [5.41, 5.74) is 8.94. The largest absolute Gasteiger partial charge is 0.456 e. The summed E-state index contributed by atoms with van der Waals surface area (Å²) in [6, 6.07) is 52.7. The summed E-state index contributed by atoms with van der Waals surface area (Å²) in [5.74, 6) is 0.853. The van der Waals surface area contributed by atoms with Crippen LogP contribution in [0.2, 0.25) is 0 Å². The van der Waals surface area contributed by atoms with Crippen molar-refractivity contribution in [2.75, 3.05) is 0 Å². The number of hydrogen-bond donors (Lipinski definition) is 2. The first-order chi connectivity index (χ1) is 23.7. The number of nitrogens with one attached hydrogen (secondary N) is 2. The molecule has 48 heavy (non-hydrogen) atoms. The lowest BCUT2D eigenvalue weighted by Crippen LogP contribution is -2.45. The van der Waals surface area contributed by atoms with E-state index in [1.807, 2.05) is 30.3 Å². The number of fused-ring (bicyclic) bond motifs is 7. The van der Waals surface area contributed by atoms with Crippen LogP contribution in [0.3, 0.4) is 0 Å². The van der Waals surface area contributed by atoms with Crippen molar-refractivity contribution in [3.05, 3.63) is 168 Å². The van der Waals surface area contributed by atoms with E-state index in [1.165, 1.54) is 10.8 Å². The Morgan fingerprint density at radius 2 is 1.19 bits per heavy atom. The zero-order valence-corrected chi connectivity index (χ0v) is 25.9. The van der Waals surface area contributed by atoms with Gasteiger partial charge in [-0.2, -0.15) is 0 Å². The molecule has 0 spiro atoms. The second-order valence-electron chi connectivity index (χ2n) is 12.4. The summed E-state index contributed by atoms with van der Waals surface area (Å²) in [5, 5.41) is 14.3. The maximum atomic E-state index is 6.44. The Hall–Kier alpha value is -6.17. The fourth-order valence-electron chi connectivity index (χ4n) is 7.18. The van der Waals surface area contributed by atoms with Crippen molar-refractivity contribution in [1.29, 1.82) is 0 Å². The number of benzene rings is 7. The first kappa shape index (κ1) is 27.0. The Kier molecular flexibility index (Phi) is 6.01. The van der Waals surface area contributed by atoms with Gasteiger partial charge in [-0.1, -0.05) is 109 Å². The molecule has 7 aromatic carbocycles. The van der Waals surface area contributed by atoms with E-state index in [-0.39, 0.29) is 12.3 Å². The van der Waals surface area contributed by atoms with E-state index in [4.69, 9.17) is 13.8 Å². The fraction of sp³-hybridized carbons (Fsp3) is 0.0465. The molecule has 0 radical (unpaired) electrons. The van der Waals surface area contributed by atoms with Crippen molar-refractivity contribution in [2.24, 2.45) is 4.99 Å². The third kappa shape index (κ3) is 4.40. The Morgan fingerprint density at radius 1 is 0.479 bits per heavy atom. The minimum atomic E-state index is -0.218. The lowest BCUT2D eigenvalue weighted by Gasteiger charge is -2.32. The first-order valence-electron chi connectivity index (χ1n) is 16.3. The number of furan rings is 2. The molecule has 2 unspecified atom stereocenters. The normalized spacial score (nSPS) is 16.5. The van der Waals surface area contributed by atoms with Crippen molar-refractivity contribution in [3.8, 4) is 11.1 Å². The van der Waals surface area contributed by atoms with Crippen LogP contribution in [-0.4, -0.2) is 5.84 Å². The van der Waals surface area contributed by atoms with Crippen molar-refractivity contribution in [1.82, 2.24) is 10.6 Å². The van der Waals surface area contributed by atoms with Gasteiger partial charge in [0.2, 0.25) is 0 Å². The Morgan fingerprint density at radius 3 is 2.04 bits per heavy atom. The molecular formula is C43H29N3O2. The molecule has 228 valence electrons. The van der Waals surface area contributed by atoms with Crippen LogP contribution in [0, 0.1) is 0 Å². The molecule has 0 bridgehead atoms. The molecule has 2 atom stereocenters. The second kappa shape index (κ2) is 10.7. The van der Waals surface area contributed by atoms with Crippen LogP contribution >= 0.6 is 0 Å². The summed E-state index contributed by atoms with van der Waals surface area (Å²) in [4.78, 5) is 5.10. The van der Waals surface area contributed by atoms with Crippen LogP contribution in [-0.2, 0) is 0 Å². The standard InChI is InChI=1S/C43H29N3O2/c1-3-10-26(11-4-1)41-44-42(27-12-5-2-6-13-27)46-43(45-41)33-16-9-17-37-40(33)35-23-30(19-21-36(35)47-37)31-18-20-32-34-22-28-14-7-8-15-29(28)24-39(34)48-38(32)25-31/h1-25,41,43,45H,(H,44,46). The minimum absolute atomic E-state index is 0.210. The highest BCUT2D eigenvalue weighted by Crippen LogP contribution is 2.39. The zero-order valence-electron chi connectivity index (χ0n) is 25.9. The average molecular weight is 620 g/mol. The quantitative estimate of drug-likeness (QED) is 0.206. The Bertz CT molecular complexity index is 2690. The van der Waals surface area contributed by atoms with E-state index in [0.29, 0.717) is 0 Å². The second-order valence-corrected chi connectivity index (χ2v) is 12.4. The highest BCUT2D eigenvalue weighted by atomic mass is 16.3. The predicted octanol–water partition coefficient (Wildman–Crippen LogP) is 10.6. The van der Waals surface area contributed by atoms with Crippen LogP contribution in [0.25, 0.3) is 65.8 Å². The van der Waals surface area contributed by atoms with E-state index in [0.717, 1.165) is 77.5 Å². The van der Waals surface area contributed by atoms with E-state index >= 15 is 0 Å². The van der Waals surface area contributed by atoms with Crippen LogP contribution in [0.5, 0.6) is 0 Å². The number of rotatable bonds is 4. The van der Waals surface area contributed by atoms with Crippen LogP contribution in [0.15, 0.2) is 165 Å². The average Bonchev–Trinajstić information content (AvgIpc) is 3.71. The smallest absolute Gasteiger partial charge is 0.136 e. The highest BCUT2D eigenvalue weighted by molar-refractivity contribution is 6.12. The monoisotopic (exact) mass is 619 g/mol. The summed E-state index contributed by atoms with van der Waals surface area (Å²) in [7, 11) is 0. The minimum Gasteiger partial charge on any atom is -0.456 e. The molecule has 1 aliphatic heterocycles. The molecule has 10 rings (SSSR count). The summed E-state index contributed by atoms with van der Waals surface area (Å²) in [6.45, 7) is 0. The topological polar surface area (TPSA) is 62.7 Å². The molecule has 3 heterocycles. The third-order valence-corrected chi connectivity index (χ3v) is 9.54. The summed E-state index contributed by atoms with van der Waals surface area (Å²) < 4.78 is 12.9. The van der Waals surface area contributed by atoms with Crippen LogP contribution in [0.4, 0.5) is 0 Å². The SMILES string of the molecule is c1ccc(C2=NC(c3ccccc3)NC(c3cccc4oc5ccc(-c6ccc7c(c6)oc6cc8ccccc8cc67)cc5c34)N2)cc1. The van der Waals surface area contributed by atoms with Gasteiger partial charge in [0.15, 0.2) is 0 Å². The lowest BCUT2D eigenvalue weighted by atomic mass is 9.98. The van der Waals surface area contributed by atoms with Crippen molar-refractivity contribution in [3.63, 3.8) is 0 Å². The Balaban J connectivity index is 1.09. The van der Waals surface area contributed by atoms with Gasteiger partial charge in [0.1, 0.15) is 40.5 Å². The molecule has 0 saturated carbocycles. The van der Waals surface area contributed by atoms with Crippen LogP contribution in [0.1, 0.15) is 29.0 Å². The van der Waals surface area contributed by atoms with E-state index in [1.54, 1.807) is 0 Å². The molecule has 9 aromatic rings. The fourth-order valence-corrected chi connectivity index (χ4v) is 7.18. The molecule has 0 fully saturated rings. The van der Waals surface area contributed by atoms with Gasteiger partial charge < -0.3 is 14.2 Å². The van der Waals surface area contributed by atoms with Gasteiger partial charge in [0, 0.05) is 32.7 Å². The van der Waals surface area contributed by atoms with Crippen LogP contribution < -0.4 is 10.6 Å². The number of aliphatic imine (C=N–C) groups is 1. The van der Waals surface area contributed by atoms with E-state index < -0.39 is 0 Å². The summed E-state index contributed by atoms with van der Waals surface area (Å²) >= 11 is 0. The third-order valence-electron chi connectivity index (χ3n) is 9.54. The number of amidine groups is 1. The number of hydrogen-bond acceptors (Lipinski definition) is 5. The molecular weight excluding hydrogens is 590 g/mol.